The molecule has 0 aliphatic heterocycles. The third-order valence-electron chi connectivity index (χ3n) is 3.18. The Morgan fingerprint density at radius 3 is 3.13 bits per heavy atom. The van der Waals surface area contributed by atoms with Crippen LogP contribution in [0.1, 0.15) is 25.0 Å². The molecule has 1 saturated carbocycles. The minimum absolute atomic E-state index is 0.699. The Hall–Kier alpha value is -0.480. The van der Waals surface area contributed by atoms with Crippen molar-refractivity contribution in [1.82, 2.24) is 10.1 Å². The first-order valence-corrected chi connectivity index (χ1v) is 6.72. The molecule has 1 fully saturated rings. The Kier molecular flexibility index (Phi) is 3.70. The minimum atomic E-state index is 0.699. The van der Waals surface area contributed by atoms with E-state index in [1.165, 1.54) is 19.3 Å². The molecule has 84 valence electrons. The maximum absolute atomic E-state index is 5.13. The van der Waals surface area contributed by atoms with Gasteiger partial charge in [0.25, 0.3) is 0 Å². The van der Waals surface area contributed by atoms with Gasteiger partial charge in [0.05, 0.1) is 12.7 Å². The molecule has 0 aromatic carbocycles. The highest BCUT2D eigenvalue weighted by Crippen LogP contribution is 2.32. The van der Waals surface area contributed by atoms with Gasteiger partial charge in [0.1, 0.15) is 0 Å². The van der Waals surface area contributed by atoms with E-state index in [0.29, 0.717) is 6.04 Å². The Balaban J connectivity index is 1.92. The fourth-order valence-electron chi connectivity index (χ4n) is 2.37. The van der Waals surface area contributed by atoms with Crippen LogP contribution in [-0.2, 0) is 6.54 Å². The lowest BCUT2D eigenvalue weighted by Crippen LogP contribution is -2.35. The molecule has 0 unspecified atom stereocenters. The summed E-state index contributed by atoms with van der Waals surface area (Å²) in [5.41, 5.74) is 0. The molecule has 0 saturated heterocycles. The number of nitrogens with zero attached hydrogens (tertiary/aromatic N) is 2. The van der Waals surface area contributed by atoms with Gasteiger partial charge < -0.3 is 4.52 Å². The van der Waals surface area contributed by atoms with E-state index in [4.69, 9.17) is 4.52 Å². The average molecular weight is 226 g/mol. The largest absolute Gasteiger partial charge is 0.360 e. The molecule has 2 rings (SSSR count). The molecule has 0 spiro atoms. The summed E-state index contributed by atoms with van der Waals surface area (Å²) < 4.78 is 5.13. The molecule has 2 atom stereocenters. The normalized spacial score (nSPS) is 26.3. The van der Waals surface area contributed by atoms with Crippen LogP contribution in [0, 0.1) is 0 Å². The zero-order valence-electron chi connectivity index (χ0n) is 9.35. The molecular formula is C11H18N2OS. The summed E-state index contributed by atoms with van der Waals surface area (Å²) in [5, 5.41) is 4.52. The molecular weight excluding hydrogens is 208 g/mol. The summed E-state index contributed by atoms with van der Waals surface area (Å²) >= 11 is 1.99. The fraction of sp³-hybridized carbons (Fsp3) is 0.727. The van der Waals surface area contributed by atoms with Crippen LogP contribution in [0.4, 0.5) is 0 Å². The number of aromatic nitrogens is 1. The van der Waals surface area contributed by atoms with Crippen molar-refractivity contribution in [2.24, 2.45) is 0 Å². The molecule has 0 N–H and O–H groups in total. The highest BCUT2D eigenvalue weighted by atomic mass is 32.2. The lowest BCUT2D eigenvalue weighted by molar-refractivity contribution is 0.213. The predicted molar refractivity (Wildman–Crippen MR) is 62.9 cm³/mol. The first kappa shape index (κ1) is 11.0. The molecule has 15 heavy (non-hydrogen) atoms. The smallest absolute Gasteiger partial charge is 0.150 e. The van der Waals surface area contributed by atoms with Gasteiger partial charge in [-0.2, -0.15) is 11.8 Å². The maximum atomic E-state index is 5.13. The Morgan fingerprint density at radius 1 is 1.60 bits per heavy atom. The van der Waals surface area contributed by atoms with Crippen molar-refractivity contribution < 1.29 is 4.52 Å². The van der Waals surface area contributed by atoms with Gasteiger partial charge >= 0.3 is 0 Å². The second kappa shape index (κ2) is 5.03. The number of hydrogen-bond donors (Lipinski definition) is 0. The van der Waals surface area contributed by atoms with E-state index >= 15 is 0 Å². The Morgan fingerprint density at radius 2 is 2.47 bits per heavy atom. The quantitative estimate of drug-likeness (QED) is 0.788. The van der Waals surface area contributed by atoms with Gasteiger partial charge in [0.2, 0.25) is 0 Å². The van der Waals surface area contributed by atoms with Crippen LogP contribution < -0.4 is 0 Å². The molecule has 0 amide bonds. The van der Waals surface area contributed by atoms with Gasteiger partial charge in [-0.05, 0) is 26.1 Å². The third kappa shape index (κ3) is 2.55. The highest BCUT2D eigenvalue weighted by Gasteiger charge is 2.29. The first-order chi connectivity index (χ1) is 7.31. The van der Waals surface area contributed by atoms with E-state index in [1.807, 2.05) is 17.8 Å². The van der Waals surface area contributed by atoms with Crippen molar-refractivity contribution in [1.29, 1.82) is 0 Å². The predicted octanol–water partition coefficient (Wildman–Crippen LogP) is 2.39. The van der Waals surface area contributed by atoms with Crippen LogP contribution in [0.3, 0.4) is 0 Å². The molecule has 3 nitrogen and oxygen atoms in total. The van der Waals surface area contributed by atoms with E-state index in [0.717, 1.165) is 17.6 Å². The molecule has 4 heteroatoms. The Labute approximate surface area is 95.2 Å². The van der Waals surface area contributed by atoms with Crippen LogP contribution in [0.5, 0.6) is 0 Å². The first-order valence-electron chi connectivity index (χ1n) is 5.44. The zero-order chi connectivity index (χ0) is 10.7. The van der Waals surface area contributed by atoms with Gasteiger partial charge in [-0.15, -0.1) is 0 Å². The van der Waals surface area contributed by atoms with Crippen molar-refractivity contribution in [3.8, 4) is 0 Å². The summed E-state index contributed by atoms with van der Waals surface area (Å²) in [6, 6.07) is 2.64. The zero-order valence-corrected chi connectivity index (χ0v) is 10.2. The molecule has 0 radical (unpaired) electrons. The molecule has 1 aromatic heterocycles. The molecule has 1 aromatic rings. The van der Waals surface area contributed by atoms with E-state index in [2.05, 4.69) is 23.4 Å². The number of thioether (sulfide) groups is 1. The van der Waals surface area contributed by atoms with Crippen LogP contribution in [0.2, 0.25) is 0 Å². The summed E-state index contributed by atoms with van der Waals surface area (Å²) in [6.07, 6.45) is 7.95. The highest BCUT2D eigenvalue weighted by molar-refractivity contribution is 7.99. The van der Waals surface area contributed by atoms with Gasteiger partial charge in [-0.25, -0.2) is 0 Å². The fourth-order valence-corrected chi connectivity index (χ4v) is 3.43. The summed E-state index contributed by atoms with van der Waals surface area (Å²) in [5.74, 6) is 0.962. The van der Waals surface area contributed by atoms with E-state index < -0.39 is 0 Å². The molecule has 1 aliphatic carbocycles. The molecule has 1 heterocycles. The summed E-state index contributed by atoms with van der Waals surface area (Å²) in [6.45, 7) is 0.877. The van der Waals surface area contributed by atoms with Crippen molar-refractivity contribution >= 4 is 11.8 Å². The van der Waals surface area contributed by atoms with Crippen LogP contribution in [0.15, 0.2) is 16.8 Å². The third-order valence-corrected chi connectivity index (χ3v) is 4.34. The van der Waals surface area contributed by atoms with E-state index in [1.54, 1.807) is 6.20 Å². The maximum Gasteiger partial charge on any atom is 0.150 e. The Bertz CT molecular complexity index is 289. The van der Waals surface area contributed by atoms with Gasteiger partial charge in [0, 0.05) is 17.4 Å². The van der Waals surface area contributed by atoms with Crippen LogP contribution in [-0.4, -0.2) is 34.7 Å². The summed E-state index contributed by atoms with van der Waals surface area (Å²) in [7, 11) is 2.18. The van der Waals surface area contributed by atoms with Gasteiger partial charge in [-0.3, -0.25) is 4.90 Å². The van der Waals surface area contributed by atoms with Crippen molar-refractivity contribution in [2.75, 3.05) is 13.3 Å². The van der Waals surface area contributed by atoms with Crippen molar-refractivity contribution in [2.45, 2.75) is 37.1 Å². The molecule has 1 aliphatic rings. The average Bonchev–Trinajstić information content (AvgIpc) is 2.86. The number of rotatable bonds is 4. The lowest BCUT2D eigenvalue weighted by atomic mass is 10.2. The number of hydrogen-bond acceptors (Lipinski definition) is 4. The lowest BCUT2D eigenvalue weighted by Gasteiger charge is -2.27. The second-order valence-corrected chi connectivity index (χ2v) is 5.24. The van der Waals surface area contributed by atoms with Crippen molar-refractivity contribution in [3.05, 3.63) is 18.0 Å². The van der Waals surface area contributed by atoms with E-state index in [-0.39, 0.29) is 0 Å². The van der Waals surface area contributed by atoms with Crippen molar-refractivity contribution in [3.63, 3.8) is 0 Å². The van der Waals surface area contributed by atoms with Gasteiger partial charge in [0.15, 0.2) is 5.76 Å². The minimum Gasteiger partial charge on any atom is -0.360 e. The SMILES string of the molecule is CS[C@@H]1CCC[C@@H]1N(C)Cc1ccno1. The molecule has 0 bridgehead atoms. The van der Waals surface area contributed by atoms with Crippen LogP contribution in [0.25, 0.3) is 0 Å². The van der Waals surface area contributed by atoms with Gasteiger partial charge in [-0.1, -0.05) is 11.6 Å². The van der Waals surface area contributed by atoms with Crippen LogP contribution >= 0.6 is 11.8 Å². The summed E-state index contributed by atoms with van der Waals surface area (Å²) in [4.78, 5) is 2.40. The standard InChI is InChI=1S/C11H18N2OS/c1-13(8-9-6-7-12-14-9)10-4-3-5-11(10)15-2/h6-7,10-11H,3-5,8H2,1-2H3/t10-,11+/m0/s1. The second-order valence-electron chi connectivity index (χ2n) is 4.17. The van der Waals surface area contributed by atoms with E-state index in [9.17, 15) is 0 Å². The monoisotopic (exact) mass is 226 g/mol. The topological polar surface area (TPSA) is 29.3 Å².